The number of benzene rings is 1. The number of hydrogen-bond acceptors (Lipinski definition) is 5. The van der Waals surface area contributed by atoms with Crippen LogP contribution in [0.25, 0.3) is 28.2 Å². The number of rotatable bonds is 1. The van der Waals surface area contributed by atoms with Crippen LogP contribution in [0.15, 0.2) is 35.4 Å². The molecule has 4 aromatic rings. The van der Waals surface area contributed by atoms with Gasteiger partial charge in [0, 0.05) is 0 Å². The Labute approximate surface area is 105 Å². The maximum Gasteiger partial charge on any atom is 0.350 e. The molecule has 0 aliphatic heterocycles. The van der Waals surface area contributed by atoms with Crippen molar-refractivity contribution in [3.8, 4) is 11.5 Å². The van der Waals surface area contributed by atoms with Crippen molar-refractivity contribution in [1.29, 1.82) is 0 Å². The second kappa shape index (κ2) is 3.48. The number of fused-ring (bicyclic) bond motifs is 2. The normalized spacial score (nSPS) is 11.4. The number of hydrogen-bond donors (Lipinski definition) is 2. The zero-order valence-electron chi connectivity index (χ0n) is 9.53. The van der Waals surface area contributed by atoms with Crippen molar-refractivity contribution in [2.75, 3.05) is 0 Å². The summed E-state index contributed by atoms with van der Waals surface area (Å²) in [5.74, 6) is 0.559. The van der Waals surface area contributed by atoms with Crippen molar-refractivity contribution >= 4 is 16.7 Å². The number of nitrogens with zero attached hydrogens (tertiary/aromatic N) is 5. The van der Waals surface area contributed by atoms with Gasteiger partial charge in [0.15, 0.2) is 17.2 Å². The summed E-state index contributed by atoms with van der Waals surface area (Å²) in [7, 11) is 0. The molecule has 3 heterocycles. The summed E-state index contributed by atoms with van der Waals surface area (Å²) >= 11 is 0. The molecule has 92 valence electrons. The largest absolute Gasteiger partial charge is 0.350 e. The van der Waals surface area contributed by atoms with Crippen molar-refractivity contribution in [3.05, 3.63) is 41.1 Å². The molecule has 0 atom stereocenters. The second-order valence-corrected chi connectivity index (χ2v) is 4.01. The lowest BCUT2D eigenvalue weighted by atomic mass is 10.3. The summed E-state index contributed by atoms with van der Waals surface area (Å²) in [5, 5.41) is 9.66. The predicted molar refractivity (Wildman–Crippen MR) is 66.5 cm³/mol. The quantitative estimate of drug-likeness (QED) is 0.509. The van der Waals surface area contributed by atoms with E-state index in [1.807, 2.05) is 24.3 Å². The summed E-state index contributed by atoms with van der Waals surface area (Å²) in [6.07, 6.45) is 1.39. The molecule has 1 aromatic carbocycles. The fourth-order valence-electron chi connectivity index (χ4n) is 1.99. The summed E-state index contributed by atoms with van der Waals surface area (Å²) in [5.41, 5.74) is 2.20. The molecule has 8 nitrogen and oxygen atoms in total. The lowest BCUT2D eigenvalue weighted by Crippen LogP contribution is -2.17. The summed E-state index contributed by atoms with van der Waals surface area (Å²) < 4.78 is 1.29. The zero-order chi connectivity index (χ0) is 12.8. The van der Waals surface area contributed by atoms with Gasteiger partial charge in [0.2, 0.25) is 0 Å². The van der Waals surface area contributed by atoms with E-state index in [1.54, 1.807) is 0 Å². The van der Waals surface area contributed by atoms with Crippen molar-refractivity contribution in [1.82, 2.24) is 34.8 Å². The number of aromatic amines is 2. The molecule has 8 heteroatoms. The number of imidazole rings is 2. The van der Waals surface area contributed by atoms with Crippen LogP contribution in [0.4, 0.5) is 0 Å². The van der Waals surface area contributed by atoms with Crippen LogP contribution >= 0.6 is 0 Å². The van der Waals surface area contributed by atoms with Crippen molar-refractivity contribution < 1.29 is 0 Å². The molecule has 0 saturated heterocycles. The Morgan fingerprint density at radius 3 is 3.00 bits per heavy atom. The summed E-state index contributed by atoms with van der Waals surface area (Å²) in [6, 6.07) is 7.64. The highest BCUT2D eigenvalue weighted by atomic mass is 16.1. The van der Waals surface area contributed by atoms with E-state index in [2.05, 4.69) is 30.4 Å². The Bertz CT molecular complexity index is 915. The maximum atomic E-state index is 11.5. The highest BCUT2D eigenvalue weighted by Crippen LogP contribution is 2.20. The average molecular weight is 253 g/mol. The first-order valence-corrected chi connectivity index (χ1v) is 5.56. The Hall–Kier alpha value is -3.03. The van der Waals surface area contributed by atoms with Gasteiger partial charge in [-0.1, -0.05) is 17.3 Å². The van der Waals surface area contributed by atoms with Gasteiger partial charge in [0.1, 0.15) is 6.33 Å². The highest BCUT2D eigenvalue weighted by molar-refractivity contribution is 5.81. The lowest BCUT2D eigenvalue weighted by molar-refractivity contribution is 0.786. The fraction of sp³-hybridized carbons (Fsp3) is 0. The van der Waals surface area contributed by atoms with Gasteiger partial charge in [-0.05, 0) is 12.1 Å². The molecule has 0 amide bonds. The molecule has 3 aromatic heterocycles. The van der Waals surface area contributed by atoms with Crippen molar-refractivity contribution in [3.63, 3.8) is 0 Å². The Morgan fingerprint density at radius 2 is 2.11 bits per heavy atom. The first-order chi connectivity index (χ1) is 9.33. The van der Waals surface area contributed by atoms with Crippen LogP contribution in [0, 0.1) is 0 Å². The number of aromatic nitrogens is 7. The van der Waals surface area contributed by atoms with Crippen LogP contribution < -0.4 is 5.69 Å². The van der Waals surface area contributed by atoms with Crippen LogP contribution in [0.1, 0.15) is 0 Å². The third-order valence-electron chi connectivity index (χ3n) is 2.87. The Kier molecular flexibility index (Phi) is 1.82. The second-order valence-electron chi connectivity index (χ2n) is 4.01. The Balaban J connectivity index is 2.04. The van der Waals surface area contributed by atoms with Crippen molar-refractivity contribution in [2.45, 2.75) is 0 Å². The molecule has 0 bridgehead atoms. The van der Waals surface area contributed by atoms with Crippen LogP contribution in [-0.4, -0.2) is 34.8 Å². The van der Waals surface area contributed by atoms with Gasteiger partial charge in [-0.25, -0.2) is 24.3 Å². The number of para-hydroxylation sites is 2. The zero-order valence-corrected chi connectivity index (χ0v) is 9.53. The third-order valence-corrected chi connectivity index (χ3v) is 2.87. The highest BCUT2D eigenvalue weighted by Gasteiger charge is 2.14. The maximum absolute atomic E-state index is 11.5. The average Bonchev–Trinajstić information content (AvgIpc) is 3.02. The van der Waals surface area contributed by atoms with E-state index < -0.39 is 0 Å². The van der Waals surface area contributed by atoms with E-state index in [0.29, 0.717) is 17.2 Å². The van der Waals surface area contributed by atoms with E-state index in [-0.39, 0.29) is 5.69 Å². The summed E-state index contributed by atoms with van der Waals surface area (Å²) in [4.78, 5) is 23.3. The molecule has 2 N–H and O–H groups in total. The minimum atomic E-state index is -0.389. The molecule has 0 radical (unpaired) electrons. The van der Waals surface area contributed by atoms with Crippen LogP contribution in [0.2, 0.25) is 0 Å². The van der Waals surface area contributed by atoms with E-state index in [0.717, 1.165) is 11.0 Å². The molecule has 0 aliphatic carbocycles. The number of H-pyrrole nitrogens is 2. The van der Waals surface area contributed by atoms with Crippen LogP contribution in [0.5, 0.6) is 0 Å². The Morgan fingerprint density at radius 1 is 1.21 bits per heavy atom. The minimum Gasteiger partial charge on any atom is -0.337 e. The van der Waals surface area contributed by atoms with Gasteiger partial charge < -0.3 is 4.98 Å². The predicted octanol–water partition coefficient (Wildman–Crippen LogP) is 0.356. The number of nitrogens with one attached hydrogen (secondary N) is 2. The van der Waals surface area contributed by atoms with Crippen LogP contribution in [-0.2, 0) is 0 Å². The SMILES string of the molecule is O=c1[nH]nnc2c(-c3nc4ccccc4[nH]3)ncn12. The molecule has 0 saturated carbocycles. The molecule has 0 spiro atoms. The van der Waals surface area contributed by atoms with E-state index in [1.165, 1.54) is 10.7 Å². The lowest BCUT2D eigenvalue weighted by Gasteiger charge is -1.91. The topological polar surface area (TPSA) is 105 Å². The molecule has 0 fully saturated rings. The molecule has 4 rings (SSSR count). The molecular formula is C11H7N7O. The first-order valence-electron chi connectivity index (χ1n) is 5.56. The van der Waals surface area contributed by atoms with Gasteiger partial charge in [-0.15, -0.1) is 5.10 Å². The first kappa shape index (κ1) is 9.95. The van der Waals surface area contributed by atoms with E-state index in [4.69, 9.17) is 0 Å². The minimum absolute atomic E-state index is 0.364. The molecule has 0 aliphatic rings. The van der Waals surface area contributed by atoms with Gasteiger partial charge in [0.05, 0.1) is 11.0 Å². The summed E-state index contributed by atoms with van der Waals surface area (Å²) in [6.45, 7) is 0. The molecular weight excluding hydrogens is 246 g/mol. The monoisotopic (exact) mass is 253 g/mol. The van der Waals surface area contributed by atoms with Gasteiger partial charge in [-0.2, -0.15) is 0 Å². The van der Waals surface area contributed by atoms with Crippen molar-refractivity contribution in [2.24, 2.45) is 0 Å². The van der Waals surface area contributed by atoms with Gasteiger partial charge in [-0.3, -0.25) is 0 Å². The van der Waals surface area contributed by atoms with E-state index >= 15 is 0 Å². The van der Waals surface area contributed by atoms with Gasteiger partial charge >= 0.3 is 5.69 Å². The fourth-order valence-corrected chi connectivity index (χ4v) is 1.99. The standard InChI is InChI=1S/C11H7N7O/c19-11-16-17-15-10-8(12-5-18(10)11)9-13-6-3-1-2-4-7(6)14-9/h1-5H,(H,13,14)(H,15,16,19). The molecule has 0 unspecified atom stereocenters. The molecule has 19 heavy (non-hydrogen) atoms. The van der Waals surface area contributed by atoms with Crippen LogP contribution in [0.3, 0.4) is 0 Å². The van der Waals surface area contributed by atoms with Gasteiger partial charge in [0.25, 0.3) is 0 Å². The van der Waals surface area contributed by atoms with E-state index in [9.17, 15) is 4.79 Å². The third kappa shape index (κ3) is 1.36. The smallest absolute Gasteiger partial charge is 0.337 e.